The molecule has 0 radical (unpaired) electrons. The molecule has 240 valence electrons. The van der Waals surface area contributed by atoms with Gasteiger partial charge in [0.25, 0.3) is 0 Å². The molecule has 2 aliphatic carbocycles. The highest BCUT2D eigenvalue weighted by atomic mass is 32.1. The van der Waals surface area contributed by atoms with Gasteiger partial charge in [-0.05, 0) is 82.3 Å². The van der Waals surface area contributed by atoms with Crippen LogP contribution < -0.4 is 10.4 Å². The topological polar surface area (TPSA) is 0 Å². The number of fused-ring (bicyclic) bond motifs is 7. The summed E-state index contributed by atoms with van der Waals surface area (Å²) in [7, 11) is 0. The monoisotopic (exact) mass is 650 g/mol. The van der Waals surface area contributed by atoms with Crippen LogP contribution in [0.5, 0.6) is 0 Å². The van der Waals surface area contributed by atoms with E-state index in [0.29, 0.717) is 11.8 Å². The van der Waals surface area contributed by atoms with E-state index in [9.17, 15) is 0 Å². The molecule has 0 nitrogen and oxygen atoms in total. The van der Waals surface area contributed by atoms with Gasteiger partial charge in [-0.15, -0.1) is 11.3 Å². The maximum atomic E-state index is 2.46. The molecule has 0 amide bonds. The first-order valence-electron chi connectivity index (χ1n) is 17.7. The zero-order chi connectivity index (χ0) is 33.7. The van der Waals surface area contributed by atoms with E-state index in [-0.39, 0.29) is 10.8 Å². The molecule has 49 heavy (non-hydrogen) atoms. The number of hydrogen-bond donors (Lipinski definition) is 0. The summed E-state index contributed by atoms with van der Waals surface area (Å²) >= 11 is 1.96. The van der Waals surface area contributed by atoms with Crippen LogP contribution in [0.15, 0.2) is 133 Å². The molecule has 7 aromatic rings. The Morgan fingerprint density at radius 2 is 1.10 bits per heavy atom. The largest absolute Gasteiger partial charge is 0.135 e. The van der Waals surface area contributed by atoms with Crippen LogP contribution in [0, 0.1) is 17.3 Å². The molecule has 0 aliphatic heterocycles. The second-order valence-corrected chi connectivity index (χ2v) is 17.1. The molecule has 2 unspecified atom stereocenters. The summed E-state index contributed by atoms with van der Waals surface area (Å²) < 4.78 is 2.73. The van der Waals surface area contributed by atoms with E-state index in [2.05, 4.69) is 175 Å². The second-order valence-electron chi connectivity index (χ2n) is 16.0. The van der Waals surface area contributed by atoms with Crippen molar-refractivity contribution >= 4 is 64.2 Å². The fourth-order valence-corrected chi connectivity index (χ4v) is 10.4. The van der Waals surface area contributed by atoms with Crippen molar-refractivity contribution in [1.29, 1.82) is 0 Å². The zero-order valence-corrected chi connectivity index (χ0v) is 30.1. The van der Waals surface area contributed by atoms with Crippen molar-refractivity contribution in [3.05, 3.63) is 155 Å². The first-order valence-corrected chi connectivity index (χ1v) is 18.5. The average molecular weight is 651 g/mol. The summed E-state index contributed by atoms with van der Waals surface area (Å²) in [6, 6.07) is 41.4. The van der Waals surface area contributed by atoms with E-state index in [1.54, 1.807) is 5.57 Å². The van der Waals surface area contributed by atoms with E-state index in [1.165, 1.54) is 80.0 Å². The minimum atomic E-state index is 0.0205. The Bertz CT molecular complexity index is 2620. The molecule has 0 saturated heterocycles. The lowest BCUT2D eigenvalue weighted by Crippen LogP contribution is -2.43. The Balaban J connectivity index is 1.33. The lowest BCUT2D eigenvalue weighted by atomic mass is 9.65. The lowest BCUT2D eigenvalue weighted by Gasteiger charge is -2.38. The number of hydrogen-bond acceptors (Lipinski definition) is 1. The van der Waals surface area contributed by atoms with Crippen LogP contribution in [-0.2, 0) is 5.41 Å². The molecular weight excluding hydrogens is 609 g/mol. The Morgan fingerprint density at radius 3 is 1.76 bits per heavy atom. The molecule has 1 heterocycles. The van der Waals surface area contributed by atoms with Crippen LogP contribution >= 0.6 is 11.3 Å². The van der Waals surface area contributed by atoms with Crippen molar-refractivity contribution in [2.45, 2.75) is 47.0 Å². The SMILES string of the molecule is CC(C)(C)C1=c2ccccc2=C(c2cccc3c2sc2cc(-c4c5ccccc5c(C(C)(C)C)c5ccccc45)ccc23)C2C=CC=CC12. The first-order chi connectivity index (χ1) is 23.6. The predicted molar refractivity (Wildman–Crippen MR) is 215 cm³/mol. The third-order valence-corrected chi connectivity index (χ3v) is 12.1. The highest BCUT2D eigenvalue weighted by molar-refractivity contribution is 7.26. The van der Waals surface area contributed by atoms with Gasteiger partial charge in [-0.25, -0.2) is 0 Å². The van der Waals surface area contributed by atoms with Gasteiger partial charge in [-0.3, -0.25) is 0 Å². The molecule has 1 heteroatoms. The van der Waals surface area contributed by atoms with Crippen LogP contribution in [0.3, 0.4) is 0 Å². The Labute approximate surface area is 293 Å². The minimum absolute atomic E-state index is 0.0205. The maximum Gasteiger partial charge on any atom is 0.0431 e. The predicted octanol–water partition coefficient (Wildman–Crippen LogP) is 12.1. The molecule has 0 spiro atoms. The van der Waals surface area contributed by atoms with Gasteiger partial charge in [0.2, 0.25) is 0 Å². The normalized spacial score (nSPS) is 17.8. The molecule has 0 fully saturated rings. The van der Waals surface area contributed by atoms with E-state index >= 15 is 0 Å². The maximum absolute atomic E-state index is 2.46. The van der Waals surface area contributed by atoms with Crippen molar-refractivity contribution in [1.82, 2.24) is 0 Å². The molecule has 2 aliphatic rings. The van der Waals surface area contributed by atoms with Crippen LogP contribution in [0.25, 0.3) is 64.0 Å². The lowest BCUT2D eigenvalue weighted by molar-refractivity contribution is 0.496. The fraction of sp³-hybridized carbons (Fsp3) is 0.208. The molecular formula is C48H42S. The molecule has 0 N–H and O–H groups in total. The van der Waals surface area contributed by atoms with Crippen LogP contribution in [0.2, 0.25) is 0 Å². The van der Waals surface area contributed by atoms with Crippen LogP contribution in [0.4, 0.5) is 0 Å². The highest BCUT2D eigenvalue weighted by Gasteiger charge is 2.36. The van der Waals surface area contributed by atoms with Gasteiger partial charge in [0.05, 0.1) is 0 Å². The van der Waals surface area contributed by atoms with E-state index < -0.39 is 0 Å². The molecule has 2 atom stereocenters. The summed E-state index contributed by atoms with van der Waals surface area (Å²) in [6.45, 7) is 14.2. The van der Waals surface area contributed by atoms with Crippen LogP contribution in [0.1, 0.15) is 52.7 Å². The Kier molecular flexibility index (Phi) is 6.75. The molecule has 0 saturated carbocycles. The van der Waals surface area contributed by atoms with Gasteiger partial charge >= 0.3 is 0 Å². The number of thiophene rings is 1. The van der Waals surface area contributed by atoms with E-state index in [4.69, 9.17) is 0 Å². The third-order valence-electron chi connectivity index (χ3n) is 10.9. The Hall–Kier alpha value is -4.72. The summed E-state index contributed by atoms with van der Waals surface area (Å²) in [5.41, 5.74) is 8.52. The Morgan fingerprint density at radius 1 is 0.510 bits per heavy atom. The molecule has 9 rings (SSSR count). The average Bonchev–Trinajstić information content (AvgIpc) is 3.46. The van der Waals surface area contributed by atoms with Gasteiger partial charge < -0.3 is 0 Å². The fourth-order valence-electron chi connectivity index (χ4n) is 9.11. The number of rotatable bonds is 2. The summed E-state index contributed by atoms with van der Waals surface area (Å²) in [4.78, 5) is 0. The summed E-state index contributed by atoms with van der Waals surface area (Å²) in [5, 5.41) is 10.8. The molecule has 6 aromatic carbocycles. The second kappa shape index (κ2) is 10.9. The van der Waals surface area contributed by atoms with Gasteiger partial charge in [-0.2, -0.15) is 0 Å². The van der Waals surface area contributed by atoms with Crippen LogP contribution in [-0.4, -0.2) is 0 Å². The quantitative estimate of drug-likeness (QED) is 0.163. The summed E-state index contributed by atoms with van der Waals surface area (Å²) in [6.07, 6.45) is 9.40. The third kappa shape index (κ3) is 4.62. The smallest absolute Gasteiger partial charge is 0.0431 e. The van der Waals surface area contributed by atoms with Crippen molar-refractivity contribution in [2.75, 3.05) is 0 Å². The van der Waals surface area contributed by atoms with Gasteiger partial charge in [0.15, 0.2) is 0 Å². The van der Waals surface area contributed by atoms with Crippen molar-refractivity contribution < 1.29 is 0 Å². The van der Waals surface area contributed by atoms with Gasteiger partial charge in [-0.1, -0.05) is 169 Å². The standard InChI is InChI=1S/C48H42S/c1-47(2,3)44-35-20-11-7-16-31(35)42(32-17-8-12-21-36(32)44)29-26-27-30-39-24-15-25-40(46(39)49-41(30)28-29)43-33-18-9-13-22-37(33)45(48(4,5)6)38-23-14-10-19-34(38)43/h7-28,33,37H,1-6H3. The van der Waals surface area contributed by atoms with Crippen molar-refractivity contribution in [3.8, 4) is 11.1 Å². The minimum Gasteiger partial charge on any atom is -0.135 e. The molecule has 0 bridgehead atoms. The van der Waals surface area contributed by atoms with Crippen molar-refractivity contribution in [2.24, 2.45) is 17.3 Å². The molecule has 1 aromatic heterocycles. The van der Waals surface area contributed by atoms with Gasteiger partial charge in [0.1, 0.15) is 0 Å². The summed E-state index contributed by atoms with van der Waals surface area (Å²) in [5.74, 6) is 0.656. The van der Waals surface area contributed by atoms with Crippen molar-refractivity contribution in [3.63, 3.8) is 0 Å². The zero-order valence-electron chi connectivity index (χ0n) is 29.3. The van der Waals surface area contributed by atoms with Gasteiger partial charge in [0, 0.05) is 32.0 Å². The number of allylic oxidation sites excluding steroid dienone is 4. The van der Waals surface area contributed by atoms with E-state index in [0.717, 1.165) is 0 Å². The first kappa shape index (κ1) is 30.3. The van der Waals surface area contributed by atoms with E-state index in [1.807, 2.05) is 11.3 Å². The number of benzene rings is 6. The highest BCUT2D eigenvalue weighted by Crippen LogP contribution is 2.48.